The molecule has 0 aliphatic heterocycles. The van der Waals surface area contributed by atoms with Crippen LogP contribution in [0.25, 0.3) is 11.0 Å². The van der Waals surface area contributed by atoms with Gasteiger partial charge in [-0.3, -0.25) is 9.59 Å². The molecule has 3 aromatic rings. The second-order valence-electron chi connectivity index (χ2n) is 10.9. The molecule has 2 aliphatic rings. The van der Waals surface area contributed by atoms with Crippen LogP contribution in [0.3, 0.4) is 0 Å². The van der Waals surface area contributed by atoms with Crippen LogP contribution in [0.1, 0.15) is 54.4 Å². The Kier molecular flexibility index (Phi) is 8.18. The van der Waals surface area contributed by atoms with Crippen LogP contribution in [0.15, 0.2) is 30.3 Å². The zero-order valence-electron chi connectivity index (χ0n) is 22.8. The molecule has 2 saturated carbocycles. The Bertz CT molecular complexity index is 1530. The quantitative estimate of drug-likeness (QED) is 0.205. The van der Waals surface area contributed by atoms with Crippen molar-refractivity contribution in [1.82, 2.24) is 20.6 Å². The predicted octanol–water partition coefficient (Wildman–Crippen LogP) is 6.78. The second-order valence-corrected chi connectivity index (χ2v) is 11.3. The molecule has 0 unspecified atom stereocenters. The van der Waals surface area contributed by atoms with Crippen molar-refractivity contribution < 1.29 is 40.7 Å². The first-order chi connectivity index (χ1) is 20.2. The summed E-state index contributed by atoms with van der Waals surface area (Å²) in [6.07, 6.45) is -9.00. The van der Waals surface area contributed by atoms with E-state index in [1.807, 2.05) is 0 Å². The van der Waals surface area contributed by atoms with Crippen LogP contribution >= 0.6 is 11.6 Å². The molecule has 2 aromatic carbocycles. The number of carbonyl (C=O) groups excluding carboxylic acids is 2. The van der Waals surface area contributed by atoms with Crippen molar-refractivity contribution in [1.29, 1.82) is 0 Å². The summed E-state index contributed by atoms with van der Waals surface area (Å²) in [5, 5.41) is 8.43. The molecule has 0 spiro atoms. The molecule has 0 radical (unpaired) electrons. The number of aromatic nitrogens is 2. The molecule has 0 bridgehead atoms. The summed E-state index contributed by atoms with van der Waals surface area (Å²) in [4.78, 5) is 32.7. The number of ether oxygens (including phenoxy) is 1. The Labute approximate surface area is 246 Å². The number of fused-ring (bicyclic) bond motifs is 1. The highest BCUT2D eigenvalue weighted by atomic mass is 35.5. The summed E-state index contributed by atoms with van der Waals surface area (Å²) in [5.41, 5.74) is -0.409. The molecule has 232 valence electrons. The summed E-state index contributed by atoms with van der Waals surface area (Å²) < 4.78 is 84.0. The standard InChI is InChI=1S/C28H28ClF6N5O3/c1-43-22-12-21-20(11-17(22)23(41)37-16-5-3-15(4-6-16)27(30,31)32)39-25(40-21)38-19-10-14(2-7-18(19)29)13-36-24(42)26(8-9-26)28(33,34)35/h2,7,10-12,15-16H,3-6,8-9,13H2,1H3,(H,36,42)(H,37,41)(H2,38,39,40)/t15-,16-. The SMILES string of the molecule is COc1cc2[nH]c(Nc3cc(CNC(=O)C4(C(F)(F)F)CC4)ccc3Cl)nc2cc1C(=O)N[C@H]1CC[C@H](C(F)(F)F)CC1. The van der Waals surface area contributed by atoms with Gasteiger partial charge < -0.3 is 25.7 Å². The lowest BCUT2D eigenvalue weighted by Gasteiger charge is -2.30. The number of benzene rings is 2. The van der Waals surface area contributed by atoms with E-state index in [0.29, 0.717) is 22.3 Å². The molecular weight excluding hydrogens is 604 g/mol. The van der Waals surface area contributed by atoms with E-state index in [1.165, 1.54) is 19.2 Å². The maximum absolute atomic E-state index is 13.2. The number of H-pyrrole nitrogens is 1. The molecule has 2 aliphatic carbocycles. The smallest absolute Gasteiger partial charge is 0.403 e. The Morgan fingerprint density at radius 2 is 1.77 bits per heavy atom. The molecule has 8 nitrogen and oxygen atoms in total. The van der Waals surface area contributed by atoms with E-state index in [0.717, 1.165) is 0 Å². The van der Waals surface area contributed by atoms with Crippen molar-refractivity contribution in [2.75, 3.05) is 12.4 Å². The summed E-state index contributed by atoms with van der Waals surface area (Å²) in [7, 11) is 1.38. The predicted molar refractivity (Wildman–Crippen MR) is 146 cm³/mol. The molecule has 1 heterocycles. The van der Waals surface area contributed by atoms with E-state index in [4.69, 9.17) is 16.3 Å². The van der Waals surface area contributed by atoms with E-state index < -0.39 is 41.5 Å². The summed E-state index contributed by atoms with van der Waals surface area (Å²) >= 11 is 6.32. The van der Waals surface area contributed by atoms with Gasteiger partial charge in [0.15, 0.2) is 0 Å². The minimum absolute atomic E-state index is 0.0521. The molecule has 2 amide bonds. The summed E-state index contributed by atoms with van der Waals surface area (Å²) in [5.74, 6) is -2.46. The molecule has 43 heavy (non-hydrogen) atoms. The topological polar surface area (TPSA) is 108 Å². The molecule has 2 fully saturated rings. The number of rotatable bonds is 8. The molecule has 5 rings (SSSR count). The second kappa shape index (κ2) is 11.4. The third-order valence-corrected chi connectivity index (χ3v) is 8.37. The molecule has 1 aromatic heterocycles. The highest BCUT2D eigenvalue weighted by Gasteiger charge is 2.68. The van der Waals surface area contributed by atoms with Crippen molar-refractivity contribution in [3.63, 3.8) is 0 Å². The number of nitrogens with zero attached hydrogens (tertiary/aromatic N) is 1. The van der Waals surface area contributed by atoms with Crippen molar-refractivity contribution in [2.24, 2.45) is 11.3 Å². The van der Waals surface area contributed by atoms with E-state index in [1.54, 1.807) is 18.2 Å². The lowest BCUT2D eigenvalue weighted by Crippen LogP contribution is -2.40. The van der Waals surface area contributed by atoms with Gasteiger partial charge in [-0.2, -0.15) is 26.3 Å². The highest BCUT2D eigenvalue weighted by molar-refractivity contribution is 6.33. The minimum atomic E-state index is -4.61. The maximum Gasteiger partial charge on any atom is 0.403 e. The van der Waals surface area contributed by atoms with Gasteiger partial charge in [-0.25, -0.2) is 4.98 Å². The number of amides is 2. The number of halogens is 7. The number of hydrogen-bond donors (Lipinski definition) is 4. The first-order valence-corrected chi connectivity index (χ1v) is 13.9. The Morgan fingerprint density at radius 3 is 2.37 bits per heavy atom. The molecule has 0 atom stereocenters. The van der Waals surface area contributed by atoms with Crippen LogP contribution in [0, 0.1) is 11.3 Å². The van der Waals surface area contributed by atoms with E-state index in [2.05, 4.69) is 25.9 Å². The van der Waals surface area contributed by atoms with Crippen molar-refractivity contribution in [3.8, 4) is 5.75 Å². The number of methoxy groups -OCH3 is 1. The van der Waals surface area contributed by atoms with Gasteiger partial charge in [-0.05, 0) is 62.3 Å². The maximum atomic E-state index is 13.2. The lowest BCUT2D eigenvalue weighted by atomic mass is 9.85. The third-order valence-electron chi connectivity index (χ3n) is 8.04. The first-order valence-electron chi connectivity index (χ1n) is 13.6. The van der Waals surface area contributed by atoms with Crippen LogP contribution < -0.4 is 20.7 Å². The van der Waals surface area contributed by atoms with Gasteiger partial charge in [-0.1, -0.05) is 17.7 Å². The molecular formula is C28H28ClF6N5O3. The Morgan fingerprint density at radius 1 is 1.07 bits per heavy atom. The number of aromatic amines is 1. The van der Waals surface area contributed by atoms with Crippen LogP contribution in [0.2, 0.25) is 5.02 Å². The average molecular weight is 632 g/mol. The zero-order chi connectivity index (χ0) is 31.2. The van der Waals surface area contributed by atoms with Crippen LogP contribution in [0.4, 0.5) is 38.0 Å². The van der Waals surface area contributed by atoms with Crippen molar-refractivity contribution in [3.05, 3.63) is 46.5 Å². The number of imidazole rings is 1. The monoisotopic (exact) mass is 631 g/mol. The average Bonchev–Trinajstić information content (AvgIpc) is 3.68. The third kappa shape index (κ3) is 6.48. The summed E-state index contributed by atoms with van der Waals surface area (Å²) in [6.45, 7) is -0.143. The van der Waals surface area contributed by atoms with Gasteiger partial charge in [0.1, 0.15) is 11.2 Å². The lowest BCUT2D eigenvalue weighted by molar-refractivity contribution is -0.192. The number of carbonyl (C=O) groups is 2. The van der Waals surface area contributed by atoms with Crippen LogP contribution in [-0.2, 0) is 11.3 Å². The minimum Gasteiger partial charge on any atom is -0.496 e. The zero-order valence-corrected chi connectivity index (χ0v) is 23.6. The summed E-state index contributed by atoms with van der Waals surface area (Å²) in [6, 6.07) is 7.32. The van der Waals surface area contributed by atoms with E-state index >= 15 is 0 Å². The van der Waals surface area contributed by atoms with Gasteiger partial charge in [0, 0.05) is 18.7 Å². The fraction of sp³-hybridized carbons (Fsp3) is 0.464. The van der Waals surface area contributed by atoms with Crippen LogP contribution in [0.5, 0.6) is 5.75 Å². The fourth-order valence-electron chi connectivity index (χ4n) is 5.29. The highest BCUT2D eigenvalue weighted by Crippen LogP contribution is 2.57. The Hall–Kier alpha value is -3.68. The number of nitrogens with one attached hydrogen (secondary N) is 4. The number of alkyl halides is 6. The van der Waals surface area contributed by atoms with Crippen molar-refractivity contribution in [2.45, 2.75) is 63.5 Å². The van der Waals surface area contributed by atoms with Gasteiger partial charge in [0.05, 0.1) is 40.3 Å². The molecule has 0 saturated heterocycles. The number of hydrogen-bond acceptors (Lipinski definition) is 5. The normalized spacial score (nSPS) is 20.0. The van der Waals surface area contributed by atoms with Crippen molar-refractivity contribution >= 4 is 46.1 Å². The van der Waals surface area contributed by atoms with Gasteiger partial charge >= 0.3 is 12.4 Å². The largest absolute Gasteiger partial charge is 0.496 e. The van der Waals surface area contributed by atoms with Gasteiger partial charge in [0.2, 0.25) is 11.9 Å². The number of anilines is 2. The fourth-order valence-corrected chi connectivity index (χ4v) is 5.46. The van der Waals surface area contributed by atoms with E-state index in [-0.39, 0.29) is 67.4 Å². The van der Waals surface area contributed by atoms with Gasteiger partial charge in [-0.15, -0.1) is 0 Å². The van der Waals surface area contributed by atoms with Crippen LogP contribution in [-0.4, -0.2) is 47.3 Å². The first kappa shape index (κ1) is 30.8. The van der Waals surface area contributed by atoms with Gasteiger partial charge in [0.25, 0.3) is 5.91 Å². The molecule has 4 N–H and O–H groups in total. The van der Waals surface area contributed by atoms with E-state index in [9.17, 15) is 35.9 Å². The Balaban J connectivity index is 1.27. The molecule has 15 heteroatoms.